The van der Waals surface area contributed by atoms with Crippen LogP contribution in [0.3, 0.4) is 0 Å². The maximum absolute atomic E-state index is 12.4. The second-order valence-electron chi connectivity index (χ2n) is 5.43. The quantitative estimate of drug-likeness (QED) is 0.893. The molecule has 110 valence electrons. The molecule has 2 rings (SSSR count). The van der Waals surface area contributed by atoms with E-state index in [9.17, 15) is 18.0 Å². The van der Waals surface area contributed by atoms with Gasteiger partial charge in [-0.3, -0.25) is 4.79 Å². The molecule has 0 bridgehead atoms. The molecular weight excluding hydrogens is 269 g/mol. The highest BCUT2D eigenvalue weighted by Crippen LogP contribution is 2.38. The maximum Gasteiger partial charge on any atom is 0.416 e. The largest absolute Gasteiger partial charge is 0.416 e. The van der Waals surface area contributed by atoms with Gasteiger partial charge in [0.05, 0.1) is 11.1 Å². The van der Waals surface area contributed by atoms with Crippen LogP contribution in [0.5, 0.6) is 0 Å². The summed E-state index contributed by atoms with van der Waals surface area (Å²) in [5.74, 6) is -0.0602. The van der Waals surface area contributed by atoms with Crippen molar-refractivity contribution >= 4 is 5.91 Å². The van der Waals surface area contributed by atoms with Gasteiger partial charge in [0.1, 0.15) is 0 Å². The van der Waals surface area contributed by atoms with E-state index in [2.05, 4.69) is 5.32 Å². The Kier molecular flexibility index (Phi) is 3.77. The standard InChI is InChI=1S/C14H17F3N2O/c1-13(18,10-6-7-10)12(20)19-8-9-2-4-11(5-3-9)14(15,16)17/h2-5,10H,6-8,18H2,1H3,(H,19,20). The van der Waals surface area contributed by atoms with E-state index in [1.807, 2.05) is 0 Å². The average Bonchev–Trinajstić information content (AvgIpc) is 3.19. The molecule has 1 unspecified atom stereocenters. The number of hydrogen-bond acceptors (Lipinski definition) is 2. The second-order valence-corrected chi connectivity index (χ2v) is 5.43. The van der Waals surface area contributed by atoms with Crippen molar-refractivity contribution < 1.29 is 18.0 Å². The van der Waals surface area contributed by atoms with E-state index in [0.29, 0.717) is 5.56 Å². The van der Waals surface area contributed by atoms with Gasteiger partial charge in [-0.05, 0) is 43.4 Å². The molecule has 6 heteroatoms. The molecule has 0 heterocycles. The smallest absolute Gasteiger partial charge is 0.350 e. The number of rotatable bonds is 4. The summed E-state index contributed by atoms with van der Waals surface area (Å²) in [6.45, 7) is 1.86. The van der Waals surface area contributed by atoms with Crippen molar-refractivity contribution in [3.05, 3.63) is 35.4 Å². The molecule has 0 saturated heterocycles. The lowest BCUT2D eigenvalue weighted by atomic mass is 9.96. The third-order valence-electron chi connectivity index (χ3n) is 3.65. The molecule has 1 amide bonds. The molecule has 3 N–H and O–H groups in total. The van der Waals surface area contributed by atoms with Crippen LogP contribution in [-0.2, 0) is 17.5 Å². The Balaban J connectivity index is 1.92. The summed E-state index contributed by atoms with van der Waals surface area (Å²) in [6.07, 6.45) is -2.45. The van der Waals surface area contributed by atoms with Crippen LogP contribution in [0.25, 0.3) is 0 Å². The van der Waals surface area contributed by atoms with Gasteiger partial charge in [0.25, 0.3) is 0 Å². The van der Waals surface area contributed by atoms with Crippen LogP contribution >= 0.6 is 0 Å². The molecule has 0 aliphatic heterocycles. The van der Waals surface area contributed by atoms with Crippen molar-refractivity contribution in [2.24, 2.45) is 11.7 Å². The minimum Gasteiger partial charge on any atom is -0.350 e. The Morgan fingerprint density at radius 1 is 1.30 bits per heavy atom. The molecule has 1 saturated carbocycles. The average molecular weight is 286 g/mol. The molecule has 0 spiro atoms. The highest BCUT2D eigenvalue weighted by atomic mass is 19.4. The van der Waals surface area contributed by atoms with Crippen LogP contribution in [0.4, 0.5) is 13.2 Å². The molecule has 1 aliphatic carbocycles. The lowest BCUT2D eigenvalue weighted by molar-refractivity contribution is -0.137. The fourth-order valence-corrected chi connectivity index (χ4v) is 2.05. The molecule has 1 aromatic carbocycles. The molecular formula is C14H17F3N2O. The second kappa shape index (κ2) is 5.09. The van der Waals surface area contributed by atoms with Gasteiger partial charge in [0.15, 0.2) is 0 Å². The molecule has 20 heavy (non-hydrogen) atoms. The van der Waals surface area contributed by atoms with E-state index >= 15 is 0 Å². The highest BCUT2D eigenvalue weighted by molar-refractivity contribution is 5.86. The van der Waals surface area contributed by atoms with Crippen molar-refractivity contribution in [1.29, 1.82) is 0 Å². The number of halogens is 3. The van der Waals surface area contributed by atoms with Gasteiger partial charge in [-0.25, -0.2) is 0 Å². The van der Waals surface area contributed by atoms with E-state index in [0.717, 1.165) is 25.0 Å². The molecule has 0 aromatic heterocycles. The summed E-state index contributed by atoms with van der Waals surface area (Å²) in [5.41, 5.74) is 4.96. The lowest BCUT2D eigenvalue weighted by Gasteiger charge is -2.23. The van der Waals surface area contributed by atoms with Crippen LogP contribution < -0.4 is 11.1 Å². The third-order valence-corrected chi connectivity index (χ3v) is 3.65. The number of nitrogens with two attached hydrogens (primary N) is 1. The predicted octanol–water partition coefficient (Wildman–Crippen LogP) is 2.45. The number of carbonyl (C=O) groups excluding carboxylic acids is 1. The van der Waals surface area contributed by atoms with Gasteiger partial charge in [0.2, 0.25) is 5.91 Å². The summed E-state index contributed by atoms with van der Waals surface area (Å²) in [7, 11) is 0. The number of carbonyl (C=O) groups is 1. The van der Waals surface area contributed by atoms with Crippen molar-refractivity contribution in [3.8, 4) is 0 Å². The van der Waals surface area contributed by atoms with E-state index in [4.69, 9.17) is 5.73 Å². The first-order valence-electron chi connectivity index (χ1n) is 6.44. The van der Waals surface area contributed by atoms with E-state index in [1.54, 1.807) is 6.92 Å². The summed E-state index contributed by atoms with van der Waals surface area (Å²) < 4.78 is 37.2. The van der Waals surface area contributed by atoms with Gasteiger partial charge in [-0.15, -0.1) is 0 Å². The van der Waals surface area contributed by atoms with Gasteiger partial charge in [0, 0.05) is 6.54 Å². The zero-order chi connectivity index (χ0) is 15.0. The number of benzene rings is 1. The summed E-state index contributed by atoms with van der Waals surface area (Å²) in [6, 6.07) is 4.72. The summed E-state index contributed by atoms with van der Waals surface area (Å²) in [4.78, 5) is 11.9. The van der Waals surface area contributed by atoms with E-state index in [-0.39, 0.29) is 18.4 Å². The van der Waals surface area contributed by atoms with Gasteiger partial charge in [-0.1, -0.05) is 12.1 Å². The van der Waals surface area contributed by atoms with Gasteiger partial charge >= 0.3 is 6.18 Å². The van der Waals surface area contributed by atoms with E-state index in [1.165, 1.54) is 12.1 Å². The number of nitrogens with one attached hydrogen (secondary N) is 1. The maximum atomic E-state index is 12.4. The molecule has 0 radical (unpaired) electrons. The lowest BCUT2D eigenvalue weighted by Crippen LogP contribution is -2.53. The fraction of sp³-hybridized carbons (Fsp3) is 0.500. The Morgan fingerprint density at radius 2 is 1.85 bits per heavy atom. The van der Waals surface area contributed by atoms with Gasteiger partial charge < -0.3 is 11.1 Å². The number of amides is 1. The summed E-state index contributed by atoms with van der Waals surface area (Å²) >= 11 is 0. The Labute approximate surface area is 115 Å². The van der Waals surface area contributed by atoms with Crippen molar-refractivity contribution in [2.75, 3.05) is 0 Å². The van der Waals surface area contributed by atoms with Crippen molar-refractivity contribution in [2.45, 2.75) is 38.0 Å². The third kappa shape index (κ3) is 3.30. The molecule has 1 atom stereocenters. The van der Waals surface area contributed by atoms with Crippen LogP contribution in [0, 0.1) is 5.92 Å². The van der Waals surface area contributed by atoms with Crippen LogP contribution in [0.1, 0.15) is 30.9 Å². The zero-order valence-electron chi connectivity index (χ0n) is 11.1. The van der Waals surface area contributed by atoms with Crippen molar-refractivity contribution in [3.63, 3.8) is 0 Å². The topological polar surface area (TPSA) is 55.1 Å². The van der Waals surface area contributed by atoms with Crippen molar-refractivity contribution in [1.82, 2.24) is 5.32 Å². The Bertz CT molecular complexity index is 490. The molecule has 1 aliphatic rings. The Morgan fingerprint density at radius 3 is 2.30 bits per heavy atom. The van der Waals surface area contributed by atoms with Gasteiger partial charge in [-0.2, -0.15) is 13.2 Å². The molecule has 3 nitrogen and oxygen atoms in total. The minimum absolute atomic E-state index is 0.177. The Hall–Kier alpha value is -1.56. The molecule has 1 aromatic rings. The number of alkyl halides is 3. The number of hydrogen-bond donors (Lipinski definition) is 2. The zero-order valence-corrected chi connectivity index (χ0v) is 11.1. The van der Waals surface area contributed by atoms with Crippen LogP contribution in [-0.4, -0.2) is 11.4 Å². The van der Waals surface area contributed by atoms with E-state index < -0.39 is 17.3 Å². The minimum atomic E-state index is -4.34. The first kappa shape index (κ1) is 14.8. The monoisotopic (exact) mass is 286 g/mol. The van der Waals surface area contributed by atoms with Crippen LogP contribution in [0.15, 0.2) is 24.3 Å². The first-order valence-corrected chi connectivity index (χ1v) is 6.44. The van der Waals surface area contributed by atoms with Crippen LogP contribution in [0.2, 0.25) is 0 Å². The fourth-order valence-electron chi connectivity index (χ4n) is 2.05. The SMILES string of the molecule is CC(N)(C(=O)NCc1ccc(C(F)(F)F)cc1)C1CC1. The predicted molar refractivity (Wildman–Crippen MR) is 68.6 cm³/mol. The first-order chi connectivity index (χ1) is 9.21. The highest BCUT2D eigenvalue weighted by Gasteiger charge is 2.43. The normalized spacial score (nSPS) is 18.4. The summed E-state index contributed by atoms with van der Waals surface area (Å²) in [5, 5.41) is 2.67. The molecule has 1 fully saturated rings.